The minimum absolute atomic E-state index is 0.464. The van der Waals surface area contributed by atoms with Gasteiger partial charge in [-0.15, -0.1) is 0 Å². The maximum atomic E-state index is 4.35. The van der Waals surface area contributed by atoms with Gasteiger partial charge in [0, 0.05) is 17.8 Å². The van der Waals surface area contributed by atoms with Crippen LogP contribution in [0.1, 0.15) is 70.4 Å². The molecule has 1 aromatic rings. The largest absolute Gasteiger partial charge is 0.367 e. The maximum absolute atomic E-state index is 4.35. The highest BCUT2D eigenvalue weighted by atomic mass is 15.0. The molecule has 0 bridgehead atoms. The van der Waals surface area contributed by atoms with Crippen LogP contribution in [0.4, 0.5) is 5.82 Å². The lowest BCUT2D eigenvalue weighted by Gasteiger charge is -2.21. The second kappa shape index (κ2) is 6.72. The minimum Gasteiger partial charge on any atom is -0.367 e. The van der Waals surface area contributed by atoms with Crippen LogP contribution in [0.15, 0.2) is 12.4 Å². The third kappa shape index (κ3) is 3.97. The van der Waals surface area contributed by atoms with E-state index in [0.717, 1.165) is 11.5 Å². The van der Waals surface area contributed by atoms with Crippen LogP contribution in [-0.4, -0.2) is 16.0 Å². The molecular weight excluding hydrogens is 222 g/mol. The van der Waals surface area contributed by atoms with Crippen LogP contribution in [-0.2, 0) is 0 Å². The number of rotatable bonds is 3. The van der Waals surface area contributed by atoms with E-state index in [1.165, 1.54) is 44.9 Å². The van der Waals surface area contributed by atoms with Crippen molar-refractivity contribution in [3.63, 3.8) is 0 Å². The van der Waals surface area contributed by atoms with Crippen molar-refractivity contribution in [3.8, 4) is 0 Å². The summed E-state index contributed by atoms with van der Waals surface area (Å²) < 4.78 is 0. The SMILES string of the molecule is CC(C)c1cc(NC2CCCCCCC2)ncn1. The molecule has 0 aliphatic heterocycles. The molecule has 1 N–H and O–H groups in total. The molecule has 3 heteroatoms. The van der Waals surface area contributed by atoms with Crippen LogP contribution in [0.5, 0.6) is 0 Å². The number of hydrogen-bond donors (Lipinski definition) is 1. The number of anilines is 1. The van der Waals surface area contributed by atoms with Crippen LogP contribution in [0.2, 0.25) is 0 Å². The van der Waals surface area contributed by atoms with Gasteiger partial charge in [0.1, 0.15) is 12.1 Å². The van der Waals surface area contributed by atoms with Gasteiger partial charge < -0.3 is 5.32 Å². The second-order valence-electron chi connectivity index (χ2n) is 5.67. The highest BCUT2D eigenvalue weighted by Crippen LogP contribution is 2.21. The van der Waals surface area contributed by atoms with Crippen molar-refractivity contribution in [1.29, 1.82) is 0 Å². The molecule has 1 saturated carbocycles. The van der Waals surface area contributed by atoms with E-state index in [4.69, 9.17) is 0 Å². The van der Waals surface area contributed by atoms with Gasteiger partial charge in [0.15, 0.2) is 0 Å². The molecule has 2 rings (SSSR count). The van der Waals surface area contributed by atoms with Crippen molar-refractivity contribution in [2.24, 2.45) is 0 Å². The van der Waals surface area contributed by atoms with E-state index in [2.05, 4.69) is 35.2 Å². The molecule has 3 nitrogen and oxygen atoms in total. The topological polar surface area (TPSA) is 37.8 Å². The third-order valence-electron chi connectivity index (χ3n) is 3.74. The first-order valence-electron chi connectivity index (χ1n) is 7.34. The molecule has 0 amide bonds. The summed E-state index contributed by atoms with van der Waals surface area (Å²) in [6, 6.07) is 2.70. The van der Waals surface area contributed by atoms with Gasteiger partial charge in [-0.1, -0.05) is 46.0 Å². The zero-order chi connectivity index (χ0) is 12.8. The summed E-state index contributed by atoms with van der Waals surface area (Å²) in [5.74, 6) is 1.46. The Hall–Kier alpha value is -1.12. The first-order chi connectivity index (χ1) is 8.75. The van der Waals surface area contributed by atoms with Crippen LogP contribution in [0.25, 0.3) is 0 Å². The zero-order valence-electron chi connectivity index (χ0n) is 11.7. The predicted octanol–water partition coefficient (Wildman–Crippen LogP) is 4.12. The molecule has 0 aromatic carbocycles. The van der Waals surface area contributed by atoms with E-state index >= 15 is 0 Å². The fourth-order valence-corrected chi connectivity index (χ4v) is 2.58. The number of nitrogens with zero attached hydrogens (tertiary/aromatic N) is 2. The van der Waals surface area contributed by atoms with E-state index in [-0.39, 0.29) is 0 Å². The Labute approximate surface area is 110 Å². The lowest BCUT2D eigenvalue weighted by atomic mass is 9.97. The van der Waals surface area contributed by atoms with Crippen molar-refractivity contribution in [2.75, 3.05) is 5.32 Å². The molecule has 0 radical (unpaired) electrons. The van der Waals surface area contributed by atoms with Crippen LogP contribution >= 0.6 is 0 Å². The van der Waals surface area contributed by atoms with Crippen molar-refractivity contribution < 1.29 is 0 Å². The van der Waals surface area contributed by atoms with Crippen LogP contribution in [0, 0.1) is 0 Å². The zero-order valence-corrected chi connectivity index (χ0v) is 11.7. The summed E-state index contributed by atoms with van der Waals surface area (Å²) in [7, 11) is 0. The summed E-state index contributed by atoms with van der Waals surface area (Å²) in [6.07, 6.45) is 11.1. The van der Waals surface area contributed by atoms with Crippen LogP contribution < -0.4 is 5.32 Å². The number of hydrogen-bond acceptors (Lipinski definition) is 3. The predicted molar refractivity (Wildman–Crippen MR) is 75.9 cm³/mol. The standard InChI is InChI=1S/C15H25N3/c1-12(2)14-10-15(17-11-16-14)18-13-8-6-4-3-5-7-9-13/h10-13H,3-9H2,1-2H3,(H,16,17,18). The Kier molecular flexibility index (Phi) is 4.97. The van der Waals surface area contributed by atoms with Gasteiger partial charge in [-0.2, -0.15) is 0 Å². The average molecular weight is 247 g/mol. The summed E-state index contributed by atoms with van der Waals surface area (Å²) in [5, 5.41) is 3.59. The molecule has 1 aromatic heterocycles. The van der Waals surface area contributed by atoms with Gasteiger partial charge in [-0.3, -0.25) is 0 Å². The highest BCUT2D eigenvalue weighted by molar-refractivity contribution is 5.36. The lowest BCUT2D eigenvalue weighted by Crippen LogP contribution is -2.21. The first-order valence-corrected chi connectivity index (χ1v) is 7.34. The molecule has 1 fully saturated rings. The van der Waals surface area contributed by atoms with Crippen molar-refractivity contribution >= 4 is 5.82 Å². The van der Waals surface area contributed by atoms with Gasteiger partial charge in [0.05, 0.1) is 0 Å². The maximum Gasteiger partial charge on any atom is 0.129 e. The quantitative estimate of drug-likeness (QED) is 0.873. The van der Waals surface area contributed by atoms with Gasteiger partial charge in [0.25, 0.3) is 0 Å². The Morgan fingerprint density at radius 3 is 2.39 bits per heavy atom. The summed E-state index contributed by atoms with van der Waals surface area (Å²) in [5.41, 5.74) is 1.12. The van der Waals surface area contributed by atoms with Gasteiger partial charge in [-0.25, -0.2) is 9.97 Å². The molecular formula is C15H25N3. The summed E-state index contributed by atoms with van der Waals surface area (Å²) in [4.78, 5) is 8.66. The number of nitrogens with one attached hydrogen (secondary N) is 1. The molecule has 1 aliphatic carbocycles. The van der Waals surface area contributed by atoms with Gasteiger partial charge in [0.2, 0.25) is 0 Å². The normalized spacial score (nSPS) is 18.4. The minimum atomic E-state index is 0.464. The molecule has 1 aliphatic rings. The molecule has 0 saturated heterocycles. The average Bonchev–Trinajstić information content (AvgIpc) is 2.33. The Bertz CT molecular complexity index is 355. The van der Waals surface area contributed by atoms with Gasteiger partial charge >= 0.3 is 0 Å². The molecule has 18 heavy (non-hydrogen) atoms. The Morgan fingerprint density at radius 1 is 1.06 bits per heavy atom. The van der Waals surface area contributed by atoms with Crippen LogP contribution in [0.3, 0.4) is 0 Å². The van der Waals surface area contributed by atoms with Crippen molar-refractivity contribution in [1.82, 2.24) is 9.97 Å². The van der Waals surface area contributed by atoms with E-state index in [9.17, 15) is 0 Å². The Balaban J connectivity index is 1.96. The molecule has 100 valence electrons. The van der Waals surface area contributed by atoms with E-state index in [1.807, 2.05) is 0 Å². The van der Waals surface area contributed by atoms with E-state index in [0.29, 0.717) is 12.0 Å². The molecule has 1 heterocycles. The first kappa shape index (κ1) is 13.3. The third-order valence-corrected chi connectivity index (χ3v) is 3.74. The van der Waals surface area contributed by atoms with Crippen molar-refractivity contribution in [2.45, 2.75) is 70.8 Å². The van der Waals surface area contributed by atoms with E-state index in [1.54, 1.807) is 6.33 Å². The fourth-order valence-electron chi connectivity index (χ4n) is 2.58. The van der Waals surface area contributed by atoms with Crippen molar-refractivity contribution in [3.05, 3.63) is 18.1 Å². The molecule has 0 atom stereocenters. The highest BCUT2D eigenvalue weighted by Gasteiger charge is 2.12. The smallest absolute Gasteiger partial charge is 0.129 e. The summed E-state index contributed by atoms with van der Waals surface area (Å²) in [6.45, 7) is 4.34. The molecule has 0 unspecified atom stereocenters. The fraction of sp³-hybridized carbons (Fsp3) is 0.733. The summed E-state index contributed by atoms with van der Waals surface area (Å²) >= 11 is 0. The van der Waals surface area contributed by atoms with Gasteiger partial charge in [-0.05, 0) is 18.8 Å². The monoisotopic (exact) mass is 247 g/mol. The second-order valence-corrected chi connectivity index (χ2v) is 5.67. The lowest BCUT2D eigenvalue weighted by molar-refractivity contribution is 0.470. The molecule has 0 spiro atoms. The number of aromatic nitrogens is 2. The Morgan fingerprint density at radius 2 is 1.72 bits per heavy atom. The van der Waals surface area contributed by atoms with E-state index < -0.39 is 0 Å².